The Balaban J connectivity index is 2.15. The van der Waals surface area contributed by atoms with Gasteiger partial charge in [0.05, 0.1) is 6.54 Å². The summed E-state index contributed by atoms with van der Waals surface area (Å²) in [6.45, 7) is 5.66. The second-order valence-corrected chi connectivity index (χ2v) is 5.46. The average Bonchev–Trinajstić information content (AvgIpc) is 3.19. The van der Waals surface area contributed by atoms with Crippen LogP contribution in [0.1, 0.15) is 38.4 Å². The summed E-state index contributed by atoms with van der Waals surface area (Å²) in [5.41, 5.74) is 0. The van der Waals surface area contributed by atoms with Gasteiger partial charge < -0.3 is 10.2 Å². The summed E-state index contributed by atoms with van der Waals surface area (Å²) in [6.07, 6.45) is 2.33. The summed E-state index contributed by atoms with van der Waals surface area (Å²) < 4.78 is 0.786. The smallest absolute Gasteiger partial charge is 0.239 e. The van der Waals surface area contributed by atoms with Gasteiger partial charge in [-0.05, 0) is 42.6 Å². The van der Waals surface area contributed by atoms with Gasteiger partial charge in [0, 0.05) is 25.1 Å². The van der Waals surface area contributed by atoms with E-state index >= 15 is 0 Å². The highest BCUT2D eigenvalue weighted by molar-refractivity contribution is 9.10. The van der Waals surface area contributed by atoms with Crippen LogP contribution >= 0.6 is 15.9 Å². The normalized spacial score (nSPS) is 14.3. The number of hydrogen-bond acceptors (Lipinski definition) is 4. The molecule has 0 aliphatic heterocycles. The van der Waals surface area contributed by atoms with E-state index < -0.39 is 0 Å². The second kappa shape index (κ2) is 6.32. The number of nitrogens with zero attached hydrogens (tertiary/aromatic N) is 3. The minimum atomic E-state index is 0.0204. The number of rotatable bonds is 6. The van der Waals surface area contributed by atoms with Gasteiger partial charge in [-0.25, -0.2) is 9.97 Å². The number of aromatic nitrogens is 2. The number of halogens is 1. The fraction of sp³-hybridized carbons (Fsp3) is 0.615. The van der Waals surface area contributed by atoms with Crippen molar-refractivity contribution in [1.29, 1.82) is 0 Å². The first-order chi connectivity index (χ1) is 9.13. The molecule has 0 atom stereocenters. The number of carbonyl (C=O) groups excluding carboxylic acids is 1. The van der Waals surface area contributed by atoms with Crippen LogP contribution < -0.4 is 10.2 Å². The van der Waals surface area contributed by atoms with Crippen LogP contribution in [0.4, 0.5) is 5.82 Å². The molecular weight excluding hydrogens is 308 g/mol. The van der Waals surface area contributed by atoms with Crippen molar-refractivity contribution in [2.75, 3.05) is 24.5 Å². The fourth-order valence-corrected chi connectivity index (χ4v) is 2.28. The molecule has 1 aliphatic rings. The van der Waals surface area contributed by atoms with E-state index in [0.717, 1.165) is 22.8 Å². The molecule has 0 bridgehead atoms. The van der Waals surface area contributed by atoms with Crippen LogP contribution in [0.25, 0.3) is 0 Å². The first kappa shape index (κ1) is 14.2. The molecule has 1 aromatic rings. The third-order valence-electron chi connectivity index (χ3n) is 3.06. The molecule has 1 amide bonds. The Bertz CT molecular complexity index is 462. The van der Waals surface area contributed by atoms with E-state index in [1.54, 1.807) is 0 Å². The van der Waals surface area contributed by atoms with E-state index in [2.05, 4.69) is 31.2 Å². The first-order valence-corrected chi connectivity index (χ1v) is 7.49. The van der Waals surface area contributed by atoms with E-state index in [0.29, 0.717) is 19.0 Å². The molecule has 1 heterocycles. The summed E-state index contributed by atoms with van der Waals surface area (Å²) >= 11 is 3.43. The predicted octanol–water partition coefficient (Wildman–Crippen LogP) is 2.08. The molecule has 1 saturated carbocycles. The second-order valence-electron chi connectivity index (χ2n) is 4.65. The van der Waals surface area contributed by atoms with Crippen LogP contribution in [0.2, 0.25) is 0 Å². The third kappa shape index (κ3) is 3.89. The maximum Gasteiger partial charge on any atom is 0.239 e. The van der Waals surface area contributed by atoms with Gasteiger partial charge in [0.1, 0.15) is 16.2 Å². The maximum atomic E-state index is 11.7. The number of hydrogen-bond donors (Lipinski definition) is 1. The lowest BCUT2D eigenvalue weighted by Crippen LogP contribution is -2.37. The number of carbonyl (C=O) groups is 1. The van der Waals surface area contributed by atoms with Gasteiger partial charge in [-0.3, -0.25) is 4.79 Å². The fourth-order valence-electron chi connectivity index (χ4n) is 1.89. The molecule has 5 nitrogen and oxygen atoms in total. The lowest BCUT2D eigenvalue weighted by molar-refractivity contribution is -0.119. The molecule has 0 saturated heterocycles. The van der Waals surface area contributed by atoms with Crippen molar-refractivity contribution in [3.8, 4) is 0 Å². The van der Waals surface area contributed by atoms with Gasteiger partial charge in [-0.15, -0.1) is 0 Å². The van der Waals surface area contributed by atoms with Crippen LogP contribution in [-0.4, -0.2) is 35.5 Å². The summed E-state index contributed by atoms with van der Waals surface area (Å²) in [5, 5.41) is 2.81. The van der Waals surface area contributed by atoms with Gasteiger partial charge in [-0.1, -0.05) is 0 Å². The van der Waals surface area contributed by atoms with Crippen molar-refractivity contribution in [3.63, 3.8) is 0 Å². The minimum Gasteiger partial charge on any atom is -0.355 e. The standard InChI is InChI=1S/C13H19BrN4O/c1-3-15-12(19)8-18(4-2)11-7-10(14)16-13(17-11)9-5-6-9/h7,9H,3-6,8H2,1-2H3,(H,15,19). The van der Waals surface area contributed by atoms with Crippen LogP contribution in [0, 0.1) is 0 Å². The molecule has 0 radical (unpaired) electrons. The first-order valence-electron chi connectivity index (χ1n) is 6.70. The average molecular weight is 327 g/mol. The molecule has 0 spiro atoms. The lowest BCUT2D eigenvalue weighted by Gasteiger charge is -2.21. The molecule has 1 fully saturated rings. The summed E-state index contributed by atoms with van der Waals surface area (Å²) in [4.78, 5) is 22.6. The van der Waals surface area contributed by atoms with Crippen molar-refractivity contribution in [2.45, 2.75) is 32.6 Å². The zero-order valence-corrected chi connectivity index (χ0v) is 12.9. The topological polar surface area (TPSA) is 58.1 Å². The SMILES string of the molecule is CCNC(=O)CN(CC)c1cc(Br)nc(C2CC2)n1. The number of likely N-dealkylation sites (N-methyl/N-ethyl adjacent to an activating group) is 2. The van der Waals surface area contributed by atoms with Crippen molar-refractivity contribution in [2.24, 2.45) is 0 Å². The van der Waals surface area contributed by atoms with Crippen LogP contribution in [0.5, 0.6) is 0 Å². The maximum absolute atomic E-state index is 11.7. The van der Waals surface area contributed by atoms with Crippen LogP contribution in [-0.2, 0) is 4.79 Å². The summed E-state index contributed by atoms with van der Waals surface area (Å²) in [5.74, 6) is 2.22. The monoisotopic (exact) mass is 326 g/mol. The highest BCUT2D eigenvalue weighted by Gasteiger charge is 2.27. The van der Waals surface area contributed by atoms with Gasteiger partial charge in [0.15, 0.2) is 0 Å². The van der Waals surface area contributed by atoms with Gasteiger partial charge in [0.25, 0.3) is 0 Å². The molecule has 2 rings (SSSR count). The van der Waals surface area contributed by atoms with E-state index in [9.17, 15) is 4.79 Å². The number of nitrogens with one attached hydrogen (secondary N) is 1. The van der Waals surface area contributed by atoms with E-state index in [4.69, 9.17) is 0 Å². The van der Waals surface area contributed by atoms with Crippen molar-refractivity contribution in [3.05, 3.63) is 16.5 Å². The third-order valence-corrected chi connectivity index (χ3v) is 3.46. The molecular formula is C13H19BrN4O. The van der Waals surface area contributed by atoms with Crippen LogP contribution in [0.15, 0.2) is 10.7 Å². The Kier molecular flexibility index (Phi) is 4.74. The van der Waals surface area contributed by atoms with Crippen molar-refractivity contribution >= 4 is 27.7 Å². The molecule has 1 N–H and O–H groups in total. The van der Waals surface area contributed by atoms with Crippen molar-refractivity contribution in [1.82, 2.24) is 15.3 Å². The Morgan fingerprint density at radius 2 is 2.21 bits per heavy atom. The van der Waals surface area contributed by atoms with E-state index in [-0.39, 0.29) is 5.91 Å². The molecule has 0 unspecified atom stereocenters. The molecule has 0 aromatic carbocycles. The Morgan fingerprint density at radius 3 is 2.79 bits per heavy atom. The highest BCUT2D eigenvalue weighted by Crippen LogP contribution is 2.39. The number of anilines is 1. The minimum absolute atomic E-state index is 0.0204. The highest BCUT2D eigenvalue weighted by atomic mass is 79.9. The van der Waals surface area contributed by atoms with Crippen molar-refractivity contribution < 1.29 is 4.79 Å². The Hall–Kier alpha value is -1.17. The zero-order valence-electron chi connectivity index (χ0n) is 11.3. The predicted molar refractivity (Wildman–Crippen MR) is 78.3 cm³/mol. The lowest BCUT2D eigenvalue weighted by atomic mass is 10.3. The van der Waals surface area contributed by atoms with Gasteiger partial charge in [-0.2, -0.15) is 0 Å². The summed E-state index contributed by atoms with van der Waals surface area (Å²) in [6, 6.07) is 1.87. The quantitative estimate of drug-likeness (QED) is 0.813. The molecule has 1 aromatic heterocycles. The molecule has 1 aliphatic carbocycles. The van der Waals surface area contributed by atoms with Crippen LogP contribution in [0.3, 0.4) is 0 Å². The molecule has 6 heteroatoms. The zero-order chi connectivity index (χ0) is 13.8. The molecule has 104 valence electrons. The molecule has 19 heavy (non-hydrogen) atoms. The van der Waals surface area contributed by atoms with Gasteiger partial charge in [0.2, 0.25) is 5.91 Å². The van der Waals surface area contributed by atoms with E-state index in [1.807, 2.05) is 24.8 Å². The number of amides is 1. The largest absolute Gasteiger partial charge is 0.355 e. The van der Waals surface area contributed by atoms with E-state index in [1.165, 1.54) is 12.8 Å². The Labute approximate surface area is 121 Å². The van der Waals surface area contributed by atoms with Gasteiger partial charge >= 0.3 is 0 Å². The summed E-state index contributed by atoms with van der Waals surface area (Å²) in [7, 11) is 0. The Morgan fingerprint density at radius 1 is 1.47 bits per heavy atom.